The van der Waals surface area contributed by atoms with E-state index in [1.54, 1.807) is 36.5 Å². The zero-order valence-corrected chi connectivity index (χ0v) is 12.7. The molecule has 0 saturated carbocycles. The lowest BCUT2D eigenvalue weighted by molar-refractivity contribution is -0.384. The molecule has 3 aromatic rings. The summed E-state index contributed by atoms with van der Waals surface area (Å²) in [6.07, 6.45) is 1.59. The topological polar surface area (TPSA) is 98.3 Å². The number of pyridine rings is 1. The van der Waals surface area contributed by atoms with Crippen LogP contribution in [-0.4, -0.2) is 15.8 Å². The van der Waals surface area contributed by atoms with Gasteiger partial charge in [0, 0.05) is 23.9 Å². The molecule has 2 heterocycles. The second-order valence-electron chi connectivity index (χ2n) is 5.09. The number of anilines is 1. The molecule has 0 aliphatic rings. The number of carbonyl (C=O) groups is 1. The fraction of sp³-hybridized carbons (Fsp3) is 0.0588. The summed E-state index contributed by atoms with van der Waals surface area (Å²) in [5.74, 6) is 0.641. The van der Waals surface area contributed by atoms with E-state index in [1.807, 2.05) is 13.0 Å². The number of nitro benzene ring substituents is 1. The number of hydrogen-bond acceptors (Lipinski definition) is 5. The van der Waals surface area contributed by atoms with Gasteiger partial charge < -0.3 is 9.73 Å². The number of hydrogen-bond donors (Lipinski definition) is 1. The van der Waals surface area contributed by atoms with Gasteiger partial charge >= 0.3 is 0 Å². The number of nitrogens with one attached hydrogen (secondary N) is 1. The molecule has 0 aliphatic heterocycles. The third-order valence-electron chi connectivity index (χ3n) is 3.43. The van der Waals surface area contributed by atoms with Crippen LogP contribution in [0.3, 0.4) is 0 Å². The fourth-order valence-corrected chi connectivity index (χ4v) is 2.15. The molecule has 7 nitrogen and oxygen atoms in total. The average Bonchev–Trinajstić information content (AvgIpc) is 3.07. The summed E-state index contributed by atoms with van der Waals surface area (Å²) >= 11 is 0. The molecular formula is C17H13N3O4. The van der Waals surface area contributed by atoms with Crippen molar-refractivity contribution in [2.45, 2.75) is 6.92 Å². The fourth-order valence-electron chi connectivity index (χ4n) is 2.15. The van der Waals surface area contributed by atoms with Gasteiger partial charge in [0.05, 0.1) is 4.92 Å². The molecular weight excluding hydrogens is 310 g/mol. The normalized spacial score (nSPS) is 10.4. The van der Waals surface area contributed by atoms with E-state index in [2.05, 4.69) is 10.3 Å². The van der Waals surface area contributed by atoms with E-state index in [-0.39, 0.29) is 11.4 Å². The molecule has 0 saturated heterocycles. The van der Waals surface area contributed by atoms with Crippen molar-refractivity contribution in [1.29, 1.82) is 0 Å². The predicted octanol–water partition coefficient (Wildman–Crippen LogP) is 3.81. The summed E-state index contributed by atoms with van der Waals surface area (Å²) < 4.78 is 5.53. The molecule has 0 unspecified atom stereocenters. The van der Waals surface area contributed by atoms with Crippen LogP contribution in [0, 0.1) is 17.0 Å². The Morgan fingerprint density at radius 1 is 1.17 bits per heavy atom. The Morgan fingerprint density at radius 3 is 2.58 bits per heavy atom. The third-order valence-corrected chi connectivity index (χ3v) is 3.43. The maximum absolute atomic E-state index is 12.2. The van der Waals surface area contributed by atoms with Crippen molar-refractivity contribution >= 4 is 17.4 Å². The van der Waals surface area contributed by atoms with Crippen molar-refractivity contribution in [3.8, 4) is 11.3 Å². The molecule has 1 aromatic carbocycles. The number of nitro groups is 1. The Hall–Kier alpha value is -3.48. The first-order valence-corrected chi connectivity index (χ1v) is 7.12. The SMILES string of the molecule is Cc1cccnc1NC(=O)c1ccc(-c2ccc([N+](=O)[O-])cc2)o1. The Balaban J connectivity index is 1.78. The van der Waals surface area contributed by atoms with Gasteiger partial charge in [0.25, 0.3) is 11.6 Å². The van der Waals surface area contributed by atoms with Crippen molar-refractivity contribution in [3.63, 3.8) is 0 Å². The number of carbonyl (C=O) groups excluding carboxylic acids is 1. The Morgan fingerprint density at radius 2 is 1.92 bits per heavy atom. The van der Waals surface area contributed by atoms with Gasteiger partial charge in [0.15, 0.2) is 5.76 Å². The molecule has 0 radical (unpaired) electrons. The van der Waals surface area contributed by atoms with Crippen LogP contribution in [0.25, 0.3) is 11.3 Å². The molecule has 120 valence electrons. The lowest BCUT2D eigenvalue weighted by Gasteiger charge is -2.04. The molecule has 0 spiro atoms. The zero-order chi connectivity index (χ0) is 17.1. The minimum Gasteiger partial charge on any atom is -0.451 e. The second-order valence-corrected chi connectivity index (χ2v) is 5.09. The highest BCUT2D eigenvalue weighted by Crippen LogP contribution is 2.25. The van der Waals surface area contributed by atoms with Gasteiger partial charge in [-0.25, -0.2) is 4.98 Å². The number of furan rings is 1. The molecule has 24 heavy (non-hydrogen) atoms. The van der Waals surface area contributed by atoms with Crippen LogP contribution in [0.2, 0.25) is 0 Å². The van der Waals surface area contributed by atoms with E-state index < -0.39 is 10.8 Å². The Kier molecular flexibility index (Phi) is 4.07. The maximum Gasteiger partial charge on any atom is 0.292 e. The summed E-state index contributed by atoms with van der Waals surface area (Å²) in [6, 6.07) is 12.7. The van der Waals surface area contributed by atoms with Gasteiger partial charge in [-0.2, -0.15) is 0 Å². The van der Waals surface area contributed by atoms with Crippen LogP contribution in [0.1, 0.15) is 16.1 Å². The summed E-state index contributed by atoms with van der Waals surface area (Å²) in [6.45, 7) is 1.84. The molecule has 0 bridgehead atoms. The van der Waals surface area contributed by atoms with Gasteiger partial charge in [0.1, 0.15) is 11.6 Å². The number of amides is 1. The maximum atomic E-state index is 12.2. The van der Waals surface area contributed by atoms with E-state index in [9.17, 15) is 14.9 Å². The van der Waals surface area contributed by atoms with Crippen LogP contribution < -0.4 is 5.32 Å². The Bertz CT molecular complexity index is 900. The molecule has 2 aromatic heterocycles. The number of rotatable bonds is 4. The van der Waals surface area contributed by atoms with Crippen LogP contribution in [-0.2, 0) is 0 Å². The van der Waals surface area contributed by atoms with E-state index in [4.69, 9.17) is 4.42 Å². The molecule has 7 heteroatoms. The Labute approximate surface area is 137 Å². The quantitative estimate of drug-likeness (QED) is 0.581. The summed E-state index contributed by atoms with van der Waals surface area (Å²) in [4.78, 5) is 26.5. The number of nitrogens with zero attached hydrogens (tertiary/aromatic N) is 2. The number of benzene rings is 1. The highest BCUT2D eigenvalue weighted by Gasteiger charge is 2.14. The molecule has 0 aliphatic carbocycles. The first kappa shape index (κ1) is 15.4. The first-order valence-electron chi connectivity index (χ1n) is 7.12. The van der Waals surface area contributed by atoms with Crippen LogP contribution in [0.15, 0.2) is 59.1 Å². The van der Waals surface area contributed by atoms with E-state index >= 15 is 0 Å². The minimum atomic E-state index is -0.472. The molecule has 1 N–H and O–H groups in total. The summed E-state index contributed by atoms with van der Waals surface area (Å²) in [5.41, 5.74) is 1.48. The summed E-state index contributed by atoms with van der Waals surface area (Å²) in [7, 11) is 0. The van der Waals surface area contributed by atoms with Crippen LogP contribution >= 0.6 is 0 Å². The first-order chi connectivity index (χ1) is 11.5. The van der Waals surface area contributed by atoms with Gasteiger partial charge in [-0.3, -0.25) is 14.9 Å². The predicted molar refractivity (Wildman–Crippen MR) is 87.7 cm³/mol. The van der Waals surface area contributed by atoms with E-state index in [1.165, 1.54) is 12.1 Å². The second kappa shape index (κ2) is 6.33. The minimum absolute atomic E-state index is 0.00565. The van der Waals surface area contributed by atoms with Crippen molar-refractivity contribution in [3.05, 3.63) is 76.2 Å². The monoisotopic (exact) mass is 323 g/mol. The largest absolute Gasteiger partial charge is 0.451 e. The molecule has 3 rings (SSSR count). The molecule has 0 fully saturated rings. The third kappa shape index (κ3) is 3.14. The standard InChI is InChI=1S/C17H13N3O4/c1-11-3-2-10-18-16(11)19-17(21)15-9-8-14(24-15)12-4-6-13(7-5-12)20(22)23/h2-10H,1H3,(H,18,19,21). The van der Waals surface area contributed by atoms with Crippen molar-refractivity contribution in [1.82, 2.24) is 4.98 Å². The van der Waals surface area contributed by atoms with E-state index in [0.717, 1.165) is 5.56 Å². The lowest BCUT2D eigenvalue weighted by Crippen LogP contribution is -2.12. The number of aryl methyl sites for hydroxylation is 1. The molecule has 1 amide bonds. The van der Waals surface area contributed by atoms with Gasteiger partial charge in [-0.1, -0.05) is 6.07 Å². The zero-order valence-electron chi connectivity index (χ0n) is 12.7. The van der Waals surface area contributed by atoms with Crippen LogP contribution in [0.4, 0.5) is 11.5 Å². The van der Waals surface area contributed by atoms with Crippen molar-refractivity contribution in [2.75, 3.05) is 5.32 Å². The van der Waals surface area contributed by atoms with Gasteiger partial charge in [-0.05, 0) is 42.8 Å². The highest BCUT2D eigenvalue weighted by molar-refractivity contribution is 6.02. The lowest BCUT2D eigenvalue weighted by atomic mass is 10.1. The highest BCUT2D eigenvalue weighted by atomic mass is 16.6. The van der Waals surface area contributed by atoms with Crippen LogP contribution in [0.5, 0.6) is 0 Å². The van der Waals surface area contributed by atoms with Crippen molar-refractivity contribution in [2.24, 2.45) is 0 Å². The van der Waals surface area contributed by atoms with E-state index in [0.29, 0.717) is 17.1 Å². The average molecular weight is 323 g/mol. The summed E-state index contributed by atoms with van der Waals surface area (Å²) in [5, 5.41) is 13.3. The molecule has 0 atom stereocenters. The smallest absolute Gasteiger partial charge is 0.292 e. The van der Waals surface area contributed by atoms with Gasteiger partial charge in [0.2, 0.25) is 0 Å². The number of non-ortho nitro benzene ring substituents is 1. The van der Waals surface area contributed by atoms with Crippen molar-refractivity contribution < 1.29 is 14.1 Å². The van der Waals surface area contributed by atoms with Gasteiger partial charge in [-0.15, -0.1) is 0 Å². The number of aromatic nitrogens is 1.